The Morgan fingerprint density at radius 2 is 2.17 bits per heavy atom. The van der Waals surface area contributed by atoms with E-state index in [1.807, 2.05) is 6.08 Å². The Morgan fingerprint density at radius 1 is 1.56 bits per heavy atom. The number of ether oxygens (including phenoxy) is 2. The van der Waals surface area contributed by atoms with Crippen LogP contribution in [0.1, 0.15) is 27.2 Å². The number of halogens is 2. The Hall–Kier alpha value is -0.130. The fraction of sp³-hybridized carbons (Fsp3) is 0.615. The summed E-state index contributed by atoms with van der Waals surface area (Å²) in [4.78, 5) is 11.4. The molecule has 102 valence electrons. The van der Waals surface area contributed by atoms with Crippen LogP contribution in [-0.4, -0.2) is 19.4 Å². The Kier molecular flexibility index (Phi) is 5.62. The zero-order valence-corrected chi connectivity index (χ0v) is 14.2. The second kappa shape index (κ2) is 6.35. The van der Waals surface area contributed by atoms with Gasteiger partial charge in [-0.15, -0.1) is 0 Å². The van der Waals surface area contributed by atoms with Crippen molar-refractivity contribution in [2.45, 2.75) is 33.5 Å². The van der Waals surface area contributed by atoms with Gasteiger partial charge < -0.3 is 9.47 Å². The van der Waals surface area contributed by atoms with Crippen molar-refractivity contribution in [3.63, 3.8) is 0 Å². The van der Waals surface area contributed by atoms with E-state index in [-0.39, 0.29) is 17.3 Å². The van der Waals surface area contributed by atoms with Gasteiger partial charge in [0.15, 0.2) is 0 Å². The predicted octanol–water partition coefficient (Wildman–Crippen LogP) is 4.13. The standard InChI is InChI=1S/C13H18Br2O3/c1-13(2,3)9(5-6-10(14)15)8-7-11(16)18-12(8)17-4/h6-7,9,12H,5H2,1-4H3/t9-,12-/m1/s1. The normalized spacial score (nSPS) is 21.3. The lowest BCUT2D eigenvalue weighted by atomic mass is 9.74. The molecule has 0 N–H and O–H groups in total. The number of carbonyl (C=O) groups excluding carboxylic acids is 1. The smallest absolute Gasteiger partial charge is 0.333 e. The highest BCUT2D eigenvalue weighted by Crippen LogP contribution is 2.40. The lowest BCUT2D eigenvalue weighted by Crippen LogP contribution is -2.28. The largest absolute Gasteiger partial charge is 0.428 e. The number of hydrogen-bond donors (Lipinski definition) is 0. The first-order valence-corrected chi connectivity index (χ1v) is 7.30. The van der Waals surface area contributed by atoms with Crippen LogP contribution in [0.5, 0.6) is 0 Å². The average molecular weight is 382 g/mol. The van der Waals surface area contributed by atoms with Crippen LogP contribution in [0.2, 0.25) is 0 Å². The van der Waals surface area contributed by atoms with Crippen LogP contribution in [0, 0.1) is 11.3 Å². The maximum Gasteiger partial charge on any atom is 0.333 e. The van der Waals surface area contributed by atoms with Crippen molar-refractivity contribution in [1.29, 1.82) is 0 Å². The topological polar surface area (TPSA) is 35.5 Å². The summed E-state index contributed by atoms with van der Waals surface area (Å²) in [6.45, 7) is 6.43. The van der Waals surface area contributed by atoms with Crippen molar-refractivity contribution in [3.05, 3.63) is 21.1 Å². The van der Waals surface area contributed by atoms with Gasteiger partial charge in [0.2, 0.25) is 6.29 Å². The lowest BCUT2D eigenvalue weighted by molar-refractivity contribution is -0.156. The van der Waals surface area contributed by atoms with Crippen molar-refractivity contribution >= 4 is 37.8 Å². The van der Waals surface area contributed by atoms with E-state index in [1.54, 1.807) is 13.2 Å². The van der Waals surface area contributed by atoms with E-state index in [4.69, 9.17) is 9.47 Å². The second-order valence-electron chi connectivity index (χ2n) is 5.30. The molecule has 0 spiro atoms. The summed E-state index contributed by atoms with van der Waals surface area (Å²) in [5.41, 5.74) is 0.926. The lowest BCUT2D eigenvalue weighted by Gasteiger charge is -2.32. The van der Waals surface area contributed by atoms with Gasteiger partial charge >= 0.3 is 5.97 Å². The van der Waals surface area contributed by atoms with E-state index < -0.39 is 6.29 Å². The molecule has 0 aromatic heterocycles. The van der Waals surface area contributed by atoms with Gasteiger partial charge in [-0.1, -0.05) is 26.8 Å². The van der Waals surface area contributed by atoms with E-state index in [0.717, 1.165) is 15.4 Å². The number of carbonyl (C=O) groups is 1. The predicted molar refractivity (Wildman–Crippen MR) is 78.5 cm³/mol. The number of allylic oxidation sites excluding steroid dienone is 1. The third kappa shape index (κ3) is 4.21. The van der Waals surface area contributed by atoms with Crippen molar-refractivity contribution in [2.24, 2.45) is 11.3 Å². The fourth-order valence-electron chi connectivity index (χ4n) is 2.06. The molecular weight excluding hydrogens is 364 g/mol. The van der Waals surface area contributed by atoms with Crippen LogP contribution < -0.4 is 0 Å². The summed E-state index contributed by atoms with van der Waals surface area (Å²) >= 11 is 6.70. The Balaban J connectivity index is 3.00. The van der Waals surface area contributed by atoms with E-state index in [2.05, 4.69) is 52.6 Å². The maximum absolute atomic E-state index is 11.4. The van der Waals surface area contributed by atoms with Gasteiger partial charge in [0.05, 0.1) is 3.39 Å². The SMILES string of the molecule is CO[C@@H]1OC(=O)C=C1[C@@H](CC=C(Br)Br)C(C)(C)C. The third-order valence-corrected chi connectivity index (χ3v) is 3.60. The maximum atomic E-state index is 11.4. The van der Waals surface area contributed by atoms with Crippen LogP contribution in [-0.2, 0) is 14.3 Å². The molecule has 2 atom stereocenters. The first-order chi connectivity index (χ1) is 8.25. The highest BCUT2D eigenvalue weighted by Gasteiger charge is 2.37. The van der Waals surface area contributed by atoms with Crippen LogP contribution in [0.25, 0.3) is 0 Å². The molecule has 18 heavy (non-hydrogen) atoms. The molecule has 0 aliphatic carbocycles. The zero-order chi connectivity index (χ0) is 13.9. The molecule has 0 aromatic carbocycles. The molecule has 1 rings (SSSR count). The van der Waals surface area contributed by atoms with Gasteiger partial charge in [-0.25, -0.2) is 4.79 Å². The van der Waals surface area contributed by atoms with Crippen LogP contribution in [0.15, 0.2) is 21.1 Å². The molecule has 3 nitrogen and oxygen atoms in total. The molecule has 0 saturated carbocycles. The minimum Gasteiger partial charge on any atom is -0.428 e. The minimum atomic E-state index is -0.552. The molecule has 0 unspecified atom stereocenters. The molecule has 0 aromatic rings. The summed E-state index contributed by atoms with van der Waals surface area (Å²) in [5, 5.41) is 0. The second-order valence-corrected chi connectivity index (χ2v) is 8.07. The van der Waals surface area contributed by atoms with Crippen LogP contribution in [0.4, 0.5) is 0 Å². The highest BCUT2D eigenvalue weighted by atomic mass is 79.9. The molecule has 0 fully saturated rings. The first-order valence-electron chi connectivity index (χ1n) is 5.71. The summed E-state index contributed by atoms with van der Waals surface area (Å²) in [5.74, 6) is -0.146. The Bertz CT molecular complexity index is 376. The van der Waals surface area contributed by atoms with Crippen molar-refractivity contribution in [1.82, 2.24) is 0 Å². The summed E-state index contributed by atoms with van der Waals surface area (Å²) in [6.07, 6.45) is 3.84. The molecule has 0 radical (unpaired) electrons. The van der Waals surface area contributed by atoms with Gasteiger partial charge in [0.25, 0.3) is 0 Å². The number of hydrogen-bond acceptors (Lipinski definition) is 3. The van der Waals surface area contributed by atoms with Crippen molar-refractivity contribution in [3.8, 4) is 0 Å². The molecular formula is C13H18Br2O3. The molecule has 0 saturated heterocycles. The zero-order valence-electron chi connectivity index (χ0n) is 11.0. The molecule has 1 aliphatic rings. The van der Waals surface area contributed by atoms with Gasteiger partial charge in [0, 0.05) is 18.8 Å². The van der Waals surface area contributed by atoms with Gasteiger partial charge in [-0.3, -0.25) is 0 Å². The number of rotatable bonds is 4. The van der Waals surface area contributed by atoms with E-state index >= 15 is 0 Å². The average Bonchev–Trinajstić information content (AvgIpc) is 2.57. The molecule has 1 heterocycles. The minimum absolute atomic E-state index is 0.0164. The number of esters is 1. The quantitative estimate of drug-likeness (QED) is 0.687. The Labute approximate surface area is 125 Å². The summed E-state index contributed by atoms with van der Waals surface area (Å²) in [6, 6.07) is 0. The summed E-state index contributed by atoms with van der Waals surface area (Å²) < 4.78 is 11.2. The van der Waals surface area contributed by atoms with E-state index in [0.29, 0.717) is 0 Å². The number of methoxy groups -OCH3 is 1. The molecule has 0 amide bonds. The summed E-state index contributed by atoms with van der Waals surface area (Å²) in [7, 11) is 1.55. The van der Waals surface area contributed by atoms with Crippen LogP contribution >= 0.6 is 31.9 Å². The molecule has 1 aliphatic heterocycles. The Morgan fingerprint density at radius 3 is 2.61 bits per heavy atom. The van der Waals surface area contributed by atoms with E-state index in [1.165, 1.54) is 0 Å². The van der Waals surface area contributed by atoms with Crippen molar-refractivity contribution < 1.29 is 14.3 Å². The number of cyclic esters (lactones) is 1. The molecule has 5 heteroatoms. The highest BCUT2D eigenvalue weighted by molar-refractivity contribution is 9.28. The molecule has 0 bridgehead atoms. The van der Waals surface area contributed by atoms with Crippen LogP contribution in [0.3, 0.4) is 0 Å². The van der Waals surface area contributed by atoms with Gasteiger partial charge in [0.1, 0.15) is 0 Å². The van der Waals surface area contributed by atoms with Gasteiger partial charge in [-0.2, -0.15) is 0 Å². The monoisotopic (exact) mass is 380 g/mol. The third-order valence-electron chi connectivity index (χ3n) is 2.95. The van der Waals surface area contributed by atoms with Crippen molar-refractivity contribution in [2.75, 3.05) is 7.11 Å². The fourth-order valence-corrected chi connectivity index (χ4v) is 2.43. The van der Waals surface area contributed by atoms with Gasteiger partial charge in [-0.05, 0) is 49.6 Å². The van der Waals surface area contributed by atoms with E-state index in [9.17, 15) is 4.79 Å². The first kappa shape index (κ1) is 15.9.